The molecule has 0 bridgehead atoms. The molecule has 0 saturated heterocycles. The predicted molar refractivity (Wildman–Crippen MR) is 83.0 cm³/mol. The molecule has 1 amide bonds. The van der Waals surface area contributed by atoms with Crippen molar-refractivity contribution < 1.29 is 9.53 Å². The Morgan fingerprint density at radius 2 is 1.62 bits per heavy atom. The molecule has 0 fully saturated rings. The van der Waals surface area contributed by atoms with Gasteiger partial charge in [0.05, 0.1) is 0 Å². The van der Waals surface area contributed by atoms with Crippen LogP contribution in [0.1, 0.15) is 11.1 Å². The van der Waals surface area contributed by atoms with Crippen LogP contribution in [0.2, 0.25) is 0 Å². The zero-order valence-electron chi connectivity index (χ0n) is 12.1. The maximum Gasteiger partial charge on any atom is 0.258 e. The Morgan fingerprint density at radius 1 is 0.952 bits per heavy atom. The second-order valence-electron chi connectivity index (χ2n) is 4.73. The zero-order valence-corrected chi connectivity index (χ0v) is 12.1. The molecule has 0 aliphatic rings. The van der Waals surface area contributed by atoms with Gasteiger partial charge in [-0.05, 0) is 30.3 Å². The van der Waals surface area contributed by atoms with Gasteiger partial charge in [0.2, 0.25) is 0 Å². The normalized spacial score (nSPS) is 10.1. The van der Waals surface area contributed by atoms with Gasteiger partial charge in [0.25, 0.3) is 5.91 Å². The number of hydrogen-bond acceptors (Lipinski definition) is 3. The fourth-order valence-corrected chi connectivity index (χ4v) is 1.90. The lowest BCUT2D eigenvalue weighted by molar-refractivity contribution is -0.123. The van der Waals surface area contributed by atoms with Crippen LogP contribution in [0.3, 0.4) is 0 Å². The minimum atomic E-state index is -0.127. The fourth-order valence-electron chi connectivity index (χ4n) is 1.90. The van der Waals surface area contributed by atoms with Crippen molar-refractivity contribution in [2.24, 2.45) is 0 Å². The molecule has 0 aromatic heterocycles. The van der Waals surface area contributed by atoms with Gasteiger partial charge in [-0.3, -0.25) is 4.79 Å². The first-order valence-electron chi connectivity index (χ1n) is 6.95. The molecule has 0 saturated carbocycles. The Morgan fingerprint density at radius 3 is 2.29 bits per heavy atom. The summed E-state index contributed by atoms with van der Waals surface area (Å²) in [5, 5.41) is 5.91. The highest BCUT2D eigenvalue weighted by Crippen LogP contribution is 2.11. The molecule has 0 aliphatic heterocycles. The summed E-state index contributed by atoms with van der Waals surface area (Å²) in [6.07, 6.45) is 0. The highest BCUT2D eigenvalue weighted by atomic mass is 16.5. The number of benzene rings is 2. The molecule has 0 unspecified atom stereocenters. The summed E-state index contributed by atoms with van der Waals surface area (Å²) in [4.78, 5) is 11.7. The van der Waals surface area contributed by atoms with E-state index in [0.29, 0.717) is 12.3 Å². The topological polar surface area (TPSA) is 50.4 Å². The predicted octanol–water partition coefficient (Wildman–Crippen LogP) is 2.10. The lowest BCUT2D eigenvalue weighted by Gasteiger charge is -2.08. The van der Waals surface area contributed by atoms with E-state index in [1.807, 2.05) is 61.6 Å². The highest BCUT2D eigenvalue weighted by molar-refractivity contribution is 5.77. The van der Waals surface area contributed by atoms with E-state index in [1.165, 1.54) is 5.56 Å². The molecule has 2 rings (SSSR count). The number of rotatable bonds is 7. The molecule has 0 atom stereocenters. The second-order valence-corrected chi connectivity index (χ2v) is 4.73. The number of amides is 1. The van der Waals surface area contributed by atoms with Crippen LogP contribution >= 0.6 is 0 Å². The van der Waals surface area contributed by atoms with Gasteiger partial charge in [-0.2, -0.15) is 0 Å². The highest BCUT2D eigenvalue weighted by Gasteiger charge is 2.03. The second kappa shape index (κ2) is 8.07. The first kappa shape index (κ1) is 15.1. The van der Waals surface area contributed by atoms with Crippen molar-refractivity contribution in [3.05, 3.63) is 65.7 Å². The number of carbonyl (C=O) groups is 1. The van der Waals surface area contributed by atoms with Gasteiger partial charge in [-0.15, -0.1) is 0 Å². The Bertz CT molecular complexity index is 553. The Labute approximate surface area is 125 Å². The molecular weight excluding hydrogens is 264 g/mol. The quantitative estimate of drug-likeness (QED) is 0.818. The van der Waals surface area contributed by atoms with Gasteiger partial charge in [-0.25, -0.2) is 0 Å². The van der Waals surface area contributed by atoms with Gasteiger partial charge in [0.1, 0.15) is 5.75 Å². The van der Waals surface area contributed by atoms with Crippen molar-refractivity contribution >= 4 is 5.91 Å². The summed E-state index contributed by atoms with van der Waals surface area (Å²) in [5.41, 5.74) is 2.25. The first-order valence-corrected chi connectivity index (χ1v) is 6.95. The van der Waals surface area contributed by atoms with E-state index in [2.05, 4.69) is 10.6 Å². The van der Waals surface area contributed by atoms with Crippen LogP contribution in [0.5, 0.6) is 5.75 Å². The summed E-state index contributed by atoms with van der Waals surface area (Å²) < 4.78 is 5.46. The third-order valence-corrected chi connectivity index (χ3v) is 3.01. The summed E-state index contributed by atoms with van der Waals surface area (Å²) >= 11 is 0. The Hall–Kier alpha value is -2.33. The summed E-state index contributed by atoms with van der Waals surface area (Å²) in [6.45, 7) is 1.36. The molecule has 21 heavy (non-hydrogen) atoms. The molecule has 0 radical (unpaired) electrons. The van der Waals surface area contributed by atoms with Crippen LogP contribution in [0, 0.1) is 0 Å². The molecular formula is C17H20N2O2. The zero-order chi connectivity index (χ0) is 14.9. The number of nitrogens with one attached hydrogen (secondary N) is 2. The summed E-state index contributed by atoms with van der Waals surface area (Å²) in [7, 11) is 1.90. The van der Waals surface area contributed by atoms with Gasteiger partial charge in [-0.1, -0.05) is 42.5 Å². The largest absolute Gasteiger partial charge is 0.484 e. The average Bonchev–Trinajstić information content (AvgIpc) is 2.53. The molecule has 0 aliphatic carbocycles. The van der Waals surface area contributed by atoms with Crippen molar-refractivity contribution in [2.75, 3.05) is 13.7 Å². The van der Waals surface area contributed by atoms with E-state index in [-0.39, 0.29) is 12.5 Å². The van der Waals surface area contributed by atoms with Crippen LogP contribution in [0.15, 0.2) is 54.6 Å². The molecule has 2 aromatic carbocycles. The van der Waals surface area contributed by atoms with E-state index in [1.54, 1.807) is 0 Å². The Balaban J connectivity index is 1.73. The summed E-state index contributed by atoms with van der Waals surface area (Å²) in [5.74, 6) is 0.572. The third kappa shape index (κ3) is 5.28. The van der Waals surface area contributed by atoms with E-state index >= 15 is 0 Å². The lowest BCUT2D eigenvalue weighted by atomic mass is 10.2. The van der Waals surface area contributed by atoms with Gasteiger partial charge >= 0.3 is 0 Å². The molecule has 110 valence electrons. The van der Waals surface area contributed by atoms with Crippen molar-refractivity contribution in [1.29, 1.82) is 0 Å². The molecule has 0 spiro atoms. The number of carbonyl (C=O) groups excluding carboxylic acids is 1. The van der Waals surface area contributed by atoms with Crippen molar-refractivity contribution in [3.8, 4) is 5.75 Å². The fraction of sp³-hybridized carbons (Fsp3) is 0.235. The van der Waals surface area contributed by atoms with E-state index < -0.39 is 0 Å². The van der Waals surface area contributed by atoms with Crippen LogP contribution in [0.25, 0.3) is 0 Å². The maximum atomic E-state index is 11.7. The average molecular weight is 284 g/mol. The van der Waals surface area contributed by atoms with Gasteiger partial charge < -0.3 is 15.4 Å². The van der Waals surface area contributed by atoms with Crippen LogP contribution in [0.4, 0.5) is 0 Å². The van der Waals surface area contributed by atoms with Crippen LogP contribution in [-0.4, -0.2) is 19.6 Å². The first-order chi connectivity index (χ1) is 10.3. The number of ether oxygens (including phenoxy) is 1. The smallest absolute Gasteiger partial charge is 0.258 e. The summed E-state index contributed by atoms with van der Waals surface area (Å²) in [6, 6.07) is 17.5. The minimum absolute atomic E-state index is 0.0260. The molecule has 2 aromatic rings. The third-order valence-electron chi connectivity index (χ3n) is 3.01. The molecule has 4 heteroatoms. The molecule has 2 N–H and O–H groups in total. The SMILES string of the molecule is CNCc1ccc(OCC(=O)NCc2ccccc2)cc1. The van der Waals surface area contributed by atoms with Gasteiger partial charge in [0.15, 0.2) is 6.61 Å². The van der Waals surface area contributed by atoms with E-state index in [0.717, 1.165) is 12.1 Å². The lowest BCUT2D eigenvalue weighted by Crippen LogP contribution is -2.28. The number of hydrogen-bond donors (Lipinski definition) is 2. The molecule has 4 nitrogen and oxygen atoms in total. The van der Waals surface area contributed by atoms with Crippen molar-refractivity contribution in [3.63, 3.8) is 0 Å². The van der Waals surface area contributed by atoms with Gasteiger partial charge in [0, 0.05) is 13.1 Å². The minimum Gasteiger partial charge on any atom is -0.484 e. The van der Waals surface area contributed by atoms with Crippen molar-refractivity contribution in [1.82, 2.24) is 10.6 Å². The van der Waals surface area contributed by atoms with Crippen LogP contribution in [-0.2, 0) is 17.9 Å². The Kier molecular flexibility index (Phi) is 5.79. The molecule has 0 heterocycles. The van der Waals surface area contributed by atoms with Crippen LogP contribution < -0.4 is 15.4 Å². The monoisotopic (exact) mass is 284 g/mol. The maximum absolute atomic E-state index is 11.7. The van der Waals surface area contributed by atoms with E-state index in [9.17, 15) is 4.79 Å². The van der Waals surface area contributed by atoms with Crippen molar-refractivity contribution in [2.45, 2.75) is 13.1 Å². The standard InChI is InChI=1S/C17H20N2O2/c1-18-11-15-7-9-16(10-8-15)21-13-17(20)19-12-14-5-3-2-4-6-14/h2-10,18H,11-13H2,1H3,(H,19,20). The van der Waals surface area contributed by atoms with E-state index in [4.69, 9.17) is 4.74 Å².